The van der Waals surface area contributed by atoms with E-state index in [1.807, 2.05) is 6.07 Å². The van der Waals surface area contributed by atoms with Crippen molar-refractivity contribution in [3.8, 4) is 11.5 Å². The lowest BCUT2D eigenvalue weighted by Crippen LogP contribution is -2.35. The molecule has 0 aromatic carbocycles. The molecular weight excluding hydrogens is 811 g/mol. The summed E-state index contributed by atoms with van der Waals surface area (Å²) in [6.07, 6.45) is 14.1. The highest BCUT2D eigenvalue weighted by Gasteiger charge is 2.31. The Bertz CT molecular complexity index is 2890. The number of anilines is 4. The number of fused-ring (bicyclic) bond motifs is 8. The van der Waals surface area contributed by atoms with Crippen molar-refractivity contribution in [1.29, 1.82) is 0 Å². The van der Waals surface area contributed by atoms with Gasteiger partial charge >= 0.3 is 5.97 Å². The fourth-order valence-electron chi connectivity index (χ4n) is 7.64. The number of nitrogens with one attached hydrogen (secondary N) is 3. The summed E-state index contributed by atoms with van der Waals surface area (Å²) in [6, 6.07) is 3.63. The van der Waals surface area contributed by atoms with Gasteiger partial charge in [-0.05, 0) is 49.7 Å². The predicted molar refractivity (Wildman–Crippen MR) is 224 cm³/mol. The summed E-state index contributed by atoms with van der Waals surface area (Å²) in [5.41, 5.74) is 3.72. The highest BCUT2D eigenvalue weighted by Crippen LogP contribution is 2.42. The number of carbonyl (C=O) groups excluding carboxylic acids is 1. The summed E-state index contributed by atoms with van der Waals surface area (Å²) in [5.74, 6) is 2.49. The fourth-order valence-corrected chi connectivity index (χ4v) is 10.2. The maximum Gasteiger partial charge on any atom is 0.306 e. The van der Waals surface area contributed by atoms with E-state index in [1.54, 1.807) is 78.9 Å². The molecule has 2 atom stereocenters. The molecule has 2 aliphatic rings. The van der Waals surface area contributed by atoms with Crippen LogP contribution >= 0.6 is 22.7 Å². The molecule has 19 nitrogen and oxygen atoms in total. The molecule has 8 aromatic heterocycles. The van der Waals surface area contributed by atoms with Crippen LogP contribution in [-0.2, 0) is 40.0 Å². The zero-order valence-corrected chi connectivity index (χ0v) is 34.3. The van der Waals surface area contributed by atoms with E-state index in [-0.39, 0.29) is 17.7 Å². The van der Waals surface area contributed by atoms with Crippen LogP contribution in [0.2, 0.25) is 0 Å². The van der Waals surface area contributed by atoms with Crippen LogP contribution in [0.25, 0.3) is 31.7 Å². The van der Waals surface area contributed by atoms with Gasteiger partial charge < -0.3 is 35.3 Å². The van der Waals surface area contributed by atoms with Gasteiger partial charge in [0.25, 0.3) is 0 Å². The first-order valence-corrected chi connectivity index (χ1v) is 20.8. The number of aromatic nitrogens is 10. The molecule has 4 N–H and O–H groups in total. The molecule has 2 aliphatic carbocycles. The number of carbonyl (C=O) groups is 2. The third-order valence-electron chi connectivity index (χ3n) is 10.6. The summed E-state index contributed by atoms with van der Waals surface area (Å²) >= 11 is 3.17. The van der Waals surface area contributed by atoms with E-state index in [4.69, 9.17) is 14.2 Å². The minimum atomic E-state index is -0.740. The smallest absolute Gasteiger partial charge is 0.306 e. The van der Waals surface area contributed by atoms with Crippen molar-refractivity contribution in [2.75, 3.05) is 45.1 Å². The van der Waals surface area contributed by atoms with Gasteiger partial charge in [0.05, 0.1) is 62.3 Å². The standard InChI is InChI=1S/C21H23N7O3S.C18H16N6O3S/c1-30-8-7-22-20(29)12-3-4-13-15(9-12)32-21-17(13)19(23-11-24-21)27-18-14(31-2)10-28-16(26-18)5-6-25-28;1-27-11-7-24-13(4-5-21-24)22-15(11)23-16-14-10-3-2-9(18(25)26)6-12(10)28-17(14)20-8-19-16/h5-6,10-12H,3-4,7-9H2,1-2H3,(H,22,29)(H,23,24,26,27);4-5,7-9H,2-3,6H2,1H3,(H,25,26)(H,19,20,22,23)/t12-;9-/m00/s1. The Labute approximate surface area is 349 Å². The number of thiophene rings is 2. The van der Waals surface area contributed by atoms with E-state index >= 15 is 0 Å². The van der Waals surface area contributed by atoms with Crippen LogP contribution in [0, 0.1) is 11.8 Å². The Kier molecular flexibility index (Phi) is 10.8. The van der Waals surface area contributed by atoms with Crippen LogP contribution in [0.3, 0.4) is 0 Å². The lowest BCUT2D eigenvalue weighted by Gasteiger charge is -2.21. The fraction of sp³-hybridized carbons (Fsp3) is 0.333. The van der Waals surface area contributed by atoms with Gasteiger partial charge in [0.15, 0.2) is 34.4 Å². The third kappa shape index (κ3) is 7.45. The topological polar surface area (TPSA) is 230 Å². The van der Waals surface area contributed by atoms with Gasteiger partial charge in [-0.3, -0.25) is 9.59 Å². The lowest BCUT2D eigenvalue weighted by atomic mass is 9.87. The van der Waals surface area contributed by atoms with Crippen LogP contribution in [0.1, 0.15) is 33.7 Å². The van der Waals surface area contributed by atoms with Crippen molar-refractivity contribution in [2.24, 2.45) is 11.8 Å². The quantitative estimate of drug-likeness (QED) is 0.125. The second kappa shape index (κ2) is 16.6. The van der Waals surface area contributed by atoms with Gasteiger partial charge in [-0.2, -0.15) is 10.2 Å². The summed E-state index contributed by atoms with van der Waals surface area (Å²) in [5, 5.41) is 29.2. The average molecular weight is 850 g/mol. The summed E-state index contributed by atoms with van der Waals surface area (Å²) in [4.78, 5) is 54.9. The second-order valence-electron chi connectivity index (χ2n) is 14.1. The van der Waals surface area contributed by atoms with Gasteiger partial charge in [0.2, 0.25) is 5.91 Å². The van der Waals surface area contributed by atoms with Gasteiger partial charge in [-0.15, -0.1) is 22.7 Å². The summed E-state index contributed by atoms with van der Waals surface area (Å²) in [7, 11) is 4.80. The maximum absolute atomic E-state index is 12.5. The molecule has 0 spiro atoms. The first-order chi connectivity index (χ1) is 29.3. The molecule has 0 unspecified atom stereocenters. The lowest BCUT2D eigenvalue weighted by molar-refractivity contribution is -0.142. The van der Waals surface area contributed by atoms with E-state index in [0.717, 1.165) is 43.7 Å². The molecule has 0 fully saturated rings. The Hall–Kier alpha value is -6.58. The second-order valence-corrected chi connectivity index (χ2v) is 16.3. The maximum atomic E-state index is 12.5. The molecule has 0 saturated heterocycles. The number of aliphatic carboxylic acids is 1. The molecule has 0 aliphatic heterocycles. The number of nitrogens with zero attached hydrogens (tertiary/aromatic N) is 10. The SMILES string of the molecule is COCCNC(=O)[C@H]1CCc2c(sc3ncnc(Nc4nc5ccnn5cc4OC)c23)C1.COc1cn2nccc2nc1Nc1ncnc2sc3c(c12)CC[C@H](C(=O)O)C3. The largest absolute Gasteiger partial charge is 0.491 e. The van der Waals surface area contributed by atoms with Gasteiger partial charge in [-0.1, -0.05) is 0 Å². The first kappa shape index (κ1) is 38.9. The molecule has 0 saturated carbocycles. The van der Waals surface area contributed by atoms with E-state index < -0.39 is 5.97 Å². The average Bonchev–Trinajstić information content (AvgIpc) is 4.07. The Morgan fingerprint density at radius 2 is 1.27 bits per heavy atom. The predicted octanol–water partition coefficient (Wildman–Crippen LogP) is 5.03. The van der Waals surface area contributed by atoms with E-state index in [9.17, 15) is 14.7 Å². The molecule has 8 aromatic rings. The number of hydrogen-bond acceptors (Lipinski definition) is 17. The highest BCUT2D eigenvalue weighted by molar-refractivity contribution is 7.19. The van der Waals surface area contributed by atoms with Crippen molar-refractivity contribution >= 4 is 89.5 Å². The first-order valence-electron chi connectivity index (χ1n) is 19.1. The van der Waals surface area contributed by atoms with E-state index in [1.165, 1.54) is 28.1 Å². The number of carboxylic acid groups (broad SMARTS) is 1. The van der Waals surface area contributed by atoms with Crippen LogP contribution in [-0.4, -0.2) is 101 Å². The number of hydrogen-bond donors (Lipinski definition) is 4. The molecule has 21 heteroatoms. The van der Waals surface area contributed by atoms with Crippen molar-refractivity contribution in [1.82, 2.24) is 54.4 Å². The number of carboxylic acids is 1. The normalized spacial score (nSPS) is 15.9. The van der Waals surface area contributed by atoms with Gasteiger partial charge in [0, 0.05) is 41.5 Å². The number of ether oxygens (including phenoxy) is 3. The van der Waals surface area contributed by atoms with E-state index in [0.29, 0.717) is 84.9 Å². The molecule has 8 heterocycles. The van der Waals surface area contributed by atoms with Crippen LogP contribution in [0.4, 0.5) is 23.3 Å². The molecule has 60 heavy (non-hydrogen) atoms. The van der Waals surface area contributed by atoms with Crippen molar-refractivity contribution in [3.63, 3.8) is 0 Å². The van der Waals surface area contributed by atoms with Crippen molar-refractivity contribution < 1.29 is 28.9 Å². The van der Waals surface area contributed by atoms with Crippen LogP contribution in [0.5, 0.6) is 11.5 Å². The molecule has 10 rings (SSSR count). The molecular formula is C39H39N13O6S2. The molecule has 0 radical (unpaired) electrons. The molecule has 308 valence electrons. The molecule has 0 bridgehead atoms. The van der Waals surface area contributed by atoms with E-state index in [2.05, 4.69) is 56.1 Å². The highest BCUT2D eigenvalue weighted by atomic mass is 32.1. The Morgan fingerprint density at radius 1 is 0.750 bits per heavy atom. The van der Waals surface area contributed by atoms with Crippen LogP contribution < -0.4 is 25.4 Å². The molecule has 1 amide bonds. The van der Waals surface area contributed by atoms with Crippen LogP contribution in [0.15, 0.2) is 49.6 Å². The Morgan fingerprint density at radius 3 is 1.77 bits per heavy atom. The minimum Gasteiger partial charge on any atom is -0.491 e. The summed E-state index contributed by atoms with van der Waals surface area (Å²) in [6.45, 7) is 1.04. The van der Waals surface area contributed by atoms with Crippen molar-refractivity contribution in [2.45, 2.75) is 38.5 Å². The monoisotopic (exact) mass is 849 g/mol. The zero-order valence-electron chi connectivity index (χ0n) is 32.7. The number of methoxy groups -OCH3 is 3. The third-order valence-corrected chi connectivity index (χ3v) is 13.0. The van der Waals surface area contributed by atoms with Gasteiger partial charge in [0.1, 0.15) is 34.0 Å². The zero-order chi connectivity index (χ0) is 41.3. The van der Waals surface area contributed by atoms with Crippen molar-refractivity contribution in [3.05, 3.63) is 70.5 Å². The summed E-state index contributed by atoms with van der Waals surface area (Å²) < 4.78 is 19.3. The van der Waals surface area contributed by atoms with Gasteiger partial charge in [-0.25, -0.2) is 38.9 Å². The number of amides is 1. The Balaban J connectivity index is 0.000000155. The minimum absolute atomic E-state index is 0.0391. The number of rotatable bonds is 11. The number of aryl methyl sites for hydroxylation is 2.